The van der Waals surface area contributed by atoms with Gasteiger partial charge in [-0.3, -0.25) is 9.59 Å². The van der Waals surface area contributed by atoms with Crippen molar-refractivity contribution in [3.05, 3.63) is 101 Å². The van der Waals surface area contributed by atoms with Crippen molar-refractivity contribution in [1.29, 1.82) is 0 Å². The van der Waals surface area contributed by atoms with Crippen molar-refractivity contribution in [3.8, 4) is 0 Å². The van der Waals surface area contributed by atoms with Gasteiger partial charge >= 0.3 is 6.09 Å². The Labute approximate surface area is 185 Å². The molecule has 0 spiro atoms. The van der Waals surface area contributed by atoms with Gasteiger partial charge in [0.15, 0.2) is 5.78 Å². The normalized spacial score (nSPS) is 10.3. The Morgan fingerprint density at radius 2 is 1.58 bits per heavy atom. The molecule has 0 saturated carbocycles. The second-order valence-corrected chi connectivity index (χ2v) is 7.16. The van der Waals surface area contributed by atoms with Gasteiger partial charge in [0.2, 0.25) is 5.91 Å². The Balaban J connectivity index is 1.65. The molecule has 0 aromatic heterocycles. The summed E-state index contributed by atoms with van der Waals surface area (Å²) in [4.78, 5) is 38.8. The SMILES string of the molecule is CN(C(=O)CNC(=O)OCc1ccccc1)c1ccc(Cl)cc1C(=O)c1ccccc1. The summed E-state index contributed by atoms with van der Waals surface area (Å²) in [5.41, 5.74) is 2.00. The zero-order valence-corrected chi connectivity index (χ0v) is 17.6. The van der Waals surface area contributed by atoms with Gasteiger partial charge in [-0.05, 0) is 23.8 Å². The Kier molecular flexibility index (Phi) is 7.40. The summed E-state index contributed by atoms with van der Waals surface area (Å²) in [6.07, 6.45) is -0.706. The minimum absolute atomic E-state index is 0.101. The number of halogens is 1. The van der Waals surface area contributed by atoms with Crippen LogP contribution in [-0.4, -0.2) is 31.4 Å². The number of amides is 2. The van der Waals surface area contributed by atoms with Crippen molar-refractivity contribution in [1.82, 2.24) is 5.32 Å². The molecule has 3 aromatic carbocycles. The van der Waals surface area contributed by atoms with E-state index < -0.39 is 12.0 Å². The summed E-state index contributed by atoms with van der Waals surface area (Å²) in [5, 5.41) is 2.81. The third kappa shape index (κ3) is 5.93. The van der Waals surface area contributed by atoms with E-state index in [2.05, 4.69) is 5.32 Å². The number of hydrogen-bond acceptors (Lipinski definition) is 4. The van der Waals surface area contributed by atoms with Gasteiger partial charge in [0.1, 0.15) is 13.2 Å². The molecule has 31 heavy (non-hydrogen) atoms. The Bertz CT molecular complexity index is 1070. The molecule has 0 bridgehead atoms. The number of rotatable bonds is 7. The molecule has 7 heteroatoms. The first-order valence-corrected chi connectivity index (χ1v) is 9.94. The summed E-state index contributed by atoms with van der Waals surface area (Å²) in [5.74, 6) is -0.672. The number of nitrogens with one attached hydrogen (secondary N) is 1. The molecule has 3 aromatic rings. The largest absolute Gasteiger partial charge is 0.445 e. The third-order valence-corrected chi connectivity index (χ3v) is 4.81. The van der Waals surface area contributed by atoms with Crippen LogP contribution in [0.1, 0.15) is 21.5 Å². The zero-order chi connectivity index (χ0) is 22.2. The number of likely N-dealkylation sites (N-methyl/N-ethyl adjacent to an activating group) is 1. The highest BCUT2D eigenvalue weighted by atomic mass is 35.5. The summed E-state index contributed by atoms with van der Waals surface area (Å²) in [6.45, 7) is -0.185. The fraction of sp³-hybridized carbons (Fsp3) is 0.125. The molecule has 0 heterocycles. The maximum absolute atomic E-state index is 12.9. The van der Waals surface area contributed by atoms with Crippen LogP contribution in [0.25, 0.3) is 0 Å². The number of benzene rings is 3. The minimum Gasteiger partial charge on any atom is -0.445 e. The van der Waals surface area contributed by atoms with Crippen LogP contribution < -0.4 is 10.2 Å². The smallest absolute Gasteiger partial charge is 0.407 e. The van der Waals surface area contributed by atoms with Crippen molar-refractivity contribution >= 4 is 35.1 Å². The van der Waals surface area contributed by atoms with Gasteiger partial charge in [-0.15, -0.1) is 0 Å². The van der Waals surface area contributed by atoms with Crippen molar-refractivity contribution in [2.75, 3.05) is 18.5 Å². The average molecular weight is 437 g/mol. The number of hydrogen-bond donors (Lipinski definition) is 1. The molecule has 0 aliphatic heterocycles. The van der Waals surface area contributed by atoms with Crippen LogP contribution in [0.5, 0.6) is 0 Å². The molecule has 2 amide bonds. The predicted molar refractivity (Wildman–Crippen MR) is 119 cm³/mol. The van der Waals surface area contributed by atoms with E-state index in [4.69, 9.17) is 16.3 Å². The molecule has 0 atom stereocenters. The van der Waals surface area contributed by atoms with E-state index in [1.807, 2.05) is 36.4 Å². The fourth-order valence-corrected chi connectivity index (χ4v) is 3.07. The molecular weight excluding hydrogens is 416 g/mol. The number of carbonyl (C=O) groups excluding carboxylic acids is 3. The highest BCUT2D eigenvalue weighted by Crippen LogP contribution is 2.26. The quantitative estimate of drug-likeness (QED) is 0.555. The molecule has 158 valence electrons. The van der Waals surface area contributed by atoms with Crippen LogP contribution in [0.2, 0.25) is 5.02 Å². The lowest BCUT2D eigenvalue weighted by molar-refractivity contribution is -0.117. The lowest BCUT2D eigenvalue weighted by atomic mass is 10.0. The van der Waals surface area contributed by atoms with E-state index >= 15 is 0 Å². The first-order chi connectivity index (χ1) is 15.0. The van der Waals surface area contributed by atoms with Gasteiger partial charge in [-0.25, -0.2) is 4.79 Å². The molecule has 6 nitrogen and oxygen atoms in total. The Hall–Kier alpha value is -3.64. The van der Waals surface area contributed by atoms with Gasteiger partial charge in [-0.2, -0.15) is 0 Å². The number of nitrogens with zero attached hydrogens (tertiary/aromatic N) is 1. The van der Waals surface area contributed by atoms with E-state index in [1.165, 1.54) is 18.0 Å². The zero-order valence-electron chi connectivity index (χ0n) is 16.9. The van der Waals surface area contributed by atoms with Crippen LogP contribution in [0.3, 0.4) is 0 Å². The number of ketones is 1. The average Bonchev–Trinajstić information content (AvgIpc) is 2.81. The van der Waals surface area contributed by atoms with Crippen LogP contribution in [0.4, 0.5) is 10.5 Å². The molecule has 1 N–H and O–H groups in total. The highest BCUT2D eigenvalue weighted by molar-refractivity contribution is 6.31. The van der Waals surface area contributed by atoms with Crippen LogP contribution >= 0.6 is 11.6 Å². The summed E-state index contributed by atoms with van der Waals surface area (Å²) in [6, 6.07) is 22.7. The first kappa shape index (κ1) is 22.1. The van der Waals surface area contributed by atoms with E-state index in [9.17, 15) is 14.4 Å². The van der Waals surface area contributed by atoms with E-state index in [1.54, 1.807) is 36.4 Å². The minimum atomic E-state index is -0.706. The second-order valence-electron chi connectivity index (χ2n) is 6.72. The van der Waals surface area contributed by atoms with E-state index in [0.29, 0.717) is 21.8 Å². The van der Waals surface area contributed by atoms with Gasteiger partial charge < -0.3 is 15.0 Å². The van der Waals surface area contributed by atoms with Gasteiger partial charge in [0.25, 0.3) is 0 Å². The lowest BCUT2D eigenvalue weighted by Gasteiger charge is -2.21. The molecular formula is C24H21ClN2O4. The van der Waals surface area contributed by atoms with Crippen LogP contribution in [0.15, 0.2) is 78.9 Å². The monoisotopic (exact) mass is 436 g/mol. The third-order valence-electron chi connectivity index (χ3n) is 4.57. The van der Waals surface area contributed by atoms with Crippen molar-refractivity contribution in [2.24, 2.45) is 0 Å². The highest BCUT2D eigenvalue weighted by Gasteiger charge is 2.20. The van der Waals surface area contributed by atoms with Gasteiger partial charge in [0.05, 0.1) is 5.69 Å². The molecule has 0 aliphatic carbocycles. The molecule has 0 saturated heterocycles. The summed E-state index contributed by atoms with van der Waals surface area (Å²) < 4.78 is 5.11. The number of carbonyl (C=O) groups is 3. The fourth-order valence-electron chi connectivity index (χ4n) is 2.90. The summed E-state index contributed by atoms with van der Waals surface area (Å²) in [7, 11) is 1.53. The Morgan fingerprint density at radius 3 is 2.26 bits per heavy atom. The van der Waals surface area contributed by atoms with Crippen LogP contribution in [-0.2, 0) is 16.1 Å². The number of alkyl carbamates (subject to hydrolysis) is 1. The van der Waals surface area contributed by atoms with Crippen molar-refractivity contribution in [3.63, 3.8) is 0 Å². The molecule has 0 radical (unpaired) electrons. The predicted octanol–water partition coefficient (Wildman–Crippen LogP) is 4.46. The van der Waals surface area contributed by atoms with Gasteiger partial charge in [-0.1, -0.05) is 72.3 Å². The maximum Gasteiger partial charge on any atom is 0.407 e. The van der Waals surface area contributed by atoms with Crippen molar-refractivity contribution in [2.45, 2.75) is 6.61 Å². The second kappa shape index (κ2) is 10.4. The molecule has 0 fully saturated rings. The van der Waals surface area contributed by atoms with Crippen molar-refractivity contribution < 1.29 is 19.1 Å². The first-order valence-electron chi connectivity index (χ1n) is 9.56. The molecule has 3 rings (SSSR count). The topological polar surface area (TPSA) is 75.7 Å². The van der Waals surface area contributed by atoms with Gasteiger partial charge in [0, 0.05) is 23.2 Å². The molecule has 0 aliphatic rings. The van der Waals surface area contributed by atoms with E-state index in [0.717, 1.165) is 5.56 Å². The number of ether oxygens (including phenoxy) is 1. The van der Waals surface area contributed by atoms with E-state index in [-0.39, 0.29) is 18.9 Å². The van der Waals surface area contributed by atoms with Crippen LogP contribution in [0, 0.1) is 0 Å². The summed E-state index contributed by atoms with van der Waals surface area (Å²) >= 11 is 6.09. The Morgan fingerprint density at radius 1 is 0.935 bits per heavy atom. The maximum atomic E-state index is 12.9. The lowest BCUT2D eigenvalue weighted by Crippen LogP contribution is -2.39. The molecule has 0 unspecified atom stereocenters. The standard InChI is InChI=1S/C24H21ClN2O4/c1-27(22(28)15-26-24(30)31-16-17-8-4-2-5-9-17)21-13-12-19(25)14-20(21)23(29)18-10-6-3-7-11-18/h2-14H,15-16H2,1H3,(H,26,30). The number of anilines is 1.